The highest BCUT2D eigenvalue weighted by atomic mass is 19.1. The molecule has 2 atom stereocenters. The second kappa shape index (κ2) is 7.36. The highest BCUT2D eigenvalue weighted by Crippen LogP contribution is 2.29. The number of benzene rings is 2. The van der Waals surface area contributed by atoms with Crippen molar-refractivity contribution in [1.29, 1.82) is 5.26 Å². The standard InChI is InChI=1S/C24H22FN3O/c25-20-5-3-4-19(24-27-21-6-1-2-7-22(21)28-24)18(20)9-8-16-12-15(14-26)13-17-10-11-29-23(16)17/h3-5,10-13,21-22H,1-2,6-9H2,(H,27,28). The number of hydrogen-bond donors (Lipinski definition) is 1. The van der Waals surface area contributed by atoms with Crippen LogP contribution in [0.15, 0.2) is 52.1 Å². The average Bonchev–Trinajstić information content (AvgIpc) is 3.39. The minimum atomic E-state index is -0.214. The Labute approximate surface area is 169 Å². The highest BCUT2D eigenvalue weighted by molar-refractivity contribution is 6.01. The van der Waals surface area contributed by atoms with Crippen LogP contribution in [0.25, 0.3) is 11.0 Å². The largest absolute Gasteiger partial charge is 0.464 e. The summed E-state index contributed by atoms with van der Waals surface area (Å²) in [5.74, 6) is 0.610. The fourth-order valence-corrected chi connectivity index (χ4v) is 4.66. The van der Waals surface area contributed by atoms with Gasteiger partial charge < -0.3 is 9.73 Å². The second-order valence-corrected chi connectivity index (χ2v) is 7.93. The topological polar surface area (TPSA) is 61.3 Å². The first-order valence-corrected chi connectivity index (χ1v) is 10.3. The predicted octanol–water partition coefficient (Wildman–Crippen LogP) is 4.89. The molecule has 1 saturated carbocycles. The lowest BCUT2D eigenvalue weighted by atomic mass is 9.92. The molecule has 2 aromatic carbocycles. The average molecular weight is 387 g/mol. The van der Waals surface area contributed by atoms with Gasteiger partial charge >= 0.3 is 0 Å². The number of amidine groups is 1. The van der Waals surface area contributed by atoms with Crippen LogP contribution in [0.3, 0.4) is 0 Å². The van der Waals surface area contributed by atoms with E-state index in [0.717, 1.165) is 40.8 Å². The van der Waals surface area contributed by atoms with Gasteiger partial charge in [0.05, 0.1) is 23.9 Å². The molecule has 0 bridgehead atoms. The molecule has 5 rings (SSSR count). The Morgan fingerprint density at radius 1 is 1.17 bits per heavy atom. The number of nitrogens with one attached hydrogen (secondary N) is 1. The van der Waals surface area contributed by atoms with E-state index in [0.29, 0.717) is 36.1 Å². The Morgan fingerprint density at radius 2 is 2.07 bits per heavy atom. The number of nitriles is 1. The molecule has 146 valence electrons. The fourth-order valence-electron chi connectivity index (χ4n) is 4.66. The van der Waals surface area contributed by atoms with Crippen molar-refractivity contribution in [3.8, 4) is 6.07 Å². The number of fused-ring (bicyclic) bond motifs is 2. The van der Waals surface area contributed by atoms with Crippen LogP contribution in [0.2, 0.25) is 0 Å². The number of halogens is 1. The number of furan rings is 1. The van der Waals surface area contributed by atoms with E-state index in [-0.39, 0.29) is 5.82 Å². The number of nitrogens with zero attached hydrogens (tertiary/aromatic N) is 2. The Kier molecular flexibility index (Phi) is 4.55. The summed E-state index contributed by atoms with van der Waals surface area (Å²) in [6.07, 6.45) is 7.40. The molecule has 0 spiro atoms. The Hall–Kier alpha value is -3.13. The Bertz CT molecular complexity index is 1140. The van der Waals surface area contributed by atoms with Crippen molar-refractivity contribution in [2.45, 2.75) is 50.6 Å². The number of aryl methyl sites for hydroxylation is 1. The number of rotatable bonds is 4. The normalized spacial score (nSPS) is 20.8. The van der Waals surface area contributed by atoms with Gasteiger partial charge in [0, 0.05) is 17.0 Å². The van der Waals surface area contributed by atoms with Gasteiger partial charge in [-0.1, -0.05) is 25.0 Å². The number of aliphatic imine (C=N–C) groups is 1. The van der Waals surface area contributed by atoms with Crippen LogP contribution in [0, 0.1) is 17.1 Å². The van der Waals surface area contributed by atoms with Crippen LogP contribution in [-0.4, -0.2) is 17.9 Å². The lowest BCUT2D eigenvalue weighted by molar-refractivity contribution is 0.385. The van der Waals surface area contributed by atoms with Crippen molar-refractivity contribution >= 4 is 16.8 Å². The fraction of sp³-hybridized carbons (Fsp3) is 0.333. The van der Waals surface area contributed by atoms with E-state index in [1.54, 1.807) is 12.3 Å². The van der Waals surface area contributed by atoms with Crippen molar-refractivity contribution in [2.75, 3.05) is 0 Å². The first kappa shape index (κ1) is 17.9. The zero-order valence-corrected chi connectivity index (χ0v) is 16.1. The van der Waals surface area contributed by atoms with E-state index in [9.17, 15) is 9.65 Å². The van der Waals surface area contributed by atoms with E-state index in [2.05, 4.69) is 11.4 Å². The monoisotopic (exact) mass is 387 g/mol. The van der Waals surface area contributed by atoms with Crippen LogP contribution >= 0.6 is 0 Å². The summed E-state index contributed by atoms with van der Waals surface area (Å²) >= 11 is 0. The summed E-state index contributed by atoms with van der Waals surface area (Å²) < 4.78 is 20.4. The molecule has 0 amide bonds. The van der Waals surface area contributed by atoms with Gasteiger partial charge in [0.25, 0.3) is 0 Å². The molecule has 1 aliphatic carbocycles. The molecule has 0 saturated heterocycles. The quantitative estimate of drug-likeness (QED) is 0.693. The second-order valence-electron chi connectivity index (χ2n) is 7.93. The molecule has 1 N–H and O–H groups in total. The van der Waals surface area contributed by atoms with Crippen molar-refractivity contribution in [1.82, 2.24) is 5.32 Å². The molecule has 3 aromatic rings. The van der Waals surface area contributed by atoms with E-state index in [1.165, 1.54) is 18.9 Å². The van der Waals surface area contributed by atoms with E-state index < -0.39 is 0 Å². The third-order valence-electron chi connectivity index (χ3n) is 6.12. The van der Waals surface area contributed by atoms with E-state index >= 15 is 0 Å². The van der Waals surface area contributed by atoms with Crippen LogP contribution in [0.5, 0.6) is 0 Å². The molecule has 2 heterocycles. The third kappa shape index (κ3) is 3.29. The lowest BCUT2D eigenvalue weighted by Crippen LogP contribution is -2.37. The molecule has 1 aromatic heterocycles. The van der Waals surface area contributed by atoms with Crippen molar-refractivity contribution in [3.05, 3.63) is 70.7 Å². The number of hydrogen-bond acceptors (Lipinski definition) is 4. The molecule has 2 unspecified atom stereocenters. The van der Waals surface area contributed by atoms with Crippen molar-refractivity contribution < 1.29 is 8.81 Å². The molecular formula is C24H22FN3O. The molecule has 1 fully saturated rings. The predicted molar refractivity (Wildman–Crippen MR) is 110 cm³/mol. The first-order valence-electron chi connectivity index (χ1n) is 10.3. The van der Waals surface area contributed by atoms with Gasteiger partial charge in [-0.05, 0) is 61.1 Å². The SMILES string of the molecule is N#Cc1cc(CCc2c(F)cccc2C2=NC3CCCCC3N2)c2occc2c1. The van der Waals surface area contributed by atoms with Crippen LogP contribution in [0.4, 0.5) is 4.39 Å². The molecule has 1 aliphatic heterocycles. The summed E-state index contributed by atoms with van der Waals surface area (Å²) in [6, 6.07) is 13.6. The Morgan fingerprint density at radius 3 is 2.93 bits per heavy atom. The molecule has 29 heavy (non-hydrogen) atoms. The van der Waals surface area contributed by atoms with E-state index in [1.807, 2.05) is 24.3 Å². The van der Waals surface area contributed by atoms with Gasteiger partial charge in [-0.2, -0.15) is 5.26 Å². The summed E-state index contributed by atoms with van der Waals surface area (Å²) in [4.78, 5) is 4.88. The summed E-state index contributed by atoms with van der Waals surface area (Å²) in [5, 5.41) is 13.8. The van der Waals surface area contributed by atoms with E-state index in [4.69, 9.17) is 9.41 Å². The molecule has 5 heteroatoms. The first-order chi connectivity index (χ1) is 14.2. The minimum Gasteiger partial charge on any atom is -0.464 e. The zero-order chi connectivity index (χ0) is 19.8. The molecule has 2 aliphatic rings. The summed E-state index contributed by atoms with van der Waals surface area (Å²) in [5.41, 5.74) is 3.80. The minimum absolute atomic E-state index is 0.214. The summed E-state index contributed by atoms with van der Waals surface area (Å²) in [6.45, 7) is 0. The lowest BCUT2D eigenvalue weighted by Gasteiger charge is -2.23. The van der Waals surface area contributed by atoms with Gasteiger partial charge in [0.2, 0.25) is 0 Å². The maximum atomic E-state index is 14.8. The molecular weight excluding hydrogens is 365 g/mol. The maximum Gasteiger partial charge on any atom is 0.137 e. The summed E-state index contributed by atoms with van der Waals surface area (Å²) in [7, 11) is 0. The smallest absolute Gasteiger partial charge is 0.137 e. The van der Waals surface area contributed by atoms with Crippen molar-refractivity contribution in [3.63, 3.8) is 0 Å². The third-order valence-corrected chi connectivity index (χ3v) is 6.12. The van der Waals surface area contributed by atoms with Gasteiger partial charge in [0.1, 0.15) is 17.2 Å². The molecule has 0 radical (unpaired) electrons. The van der Waals surface area contributed by atoms with Gasteiger partial charge in [-0.3, -0.25) is 4.99 Å². The highest BCUT2D eigenvalue weighted by Gasteiger charge is 2.32. The zero-order valence-electron chi connectivity index (χ0n) is 16.1. The Balaban J connectivity index is 1.46. The van der Waals surface area contributed by atoms with Crippen LogP contribution in [0.1, 0.15) is 47.9 Å². The van der Waals surface area contributed by atoms with Gasteiger partial charge in [-0.15, -0.1) is 0 Å². The van der Waals surface area contributed by atoms with Crippen molar-refractivity contribution in [2.24, 2.45) is 4.99 Å². The van der Waals surface area contributed by atoms with Crippen LogP contribution < -0.4 is 5.32 Å². The van der Waals surface area contributed by atoms with Gasteiger partial charge in [0.15, 0.2) is 0 Å². The maximum absolute atomic E-state index is 14.8. The van der Waals surface area contributed by atoms with Gasteiger partial charge in [-0.25, -0.2) is 4.39 Å². The molecule has 4 nitrogen and oxygen atoms in total. The van der Waals surface area contributed by atoms with Crippen LogP contribution in [-0.2, 0) is 12.8 Å².